The number of ketones is 1. The number of nitrogens with zero attached hydrogens (tertiary/aromatic N) is 2. The predicted molar refractivity (Wildman–Crippen MR) is 128 cm³/mol. The van der Waals surface area contributed by atoms with E-state index in [4.69, 9.17) is 14.2 Å². The first-order valence-corrected chi connectivity index (χ1v) is 13.3. The number of Topliss-reactive ketones (excluding diaryl/α,β-unsaturated/α-hetero) is 1. The SMILES string of the molecule is Cc1ccc(S(=O)(=O)N2CCOCC2)cc1C(=O)OCC(=O)c1cc(C)n(C[C@H]2CCCO2)c1C. The number of carbonyl (C=O) groups is 2. The third-order valence-electron chi connectivity index (χ3n) is 6.66. The van der Waals surface area contributed by atoms with E-state index in [1.165, 1.54) is 16.4 Å². The average molecular weight is 505 g/mol. The second kappa shape index (κ2) is 10.6. The summed E-state index contributed by atoms with van der Waals surface area (Å²) in [6.07, 6.45) is 2.18. The minimum absolute atomic E-state index is 0.0148. The third-order valence-corrected chi connectivity index (χ3v) is 8.55. The summed E-state index contributed by atoms with van der Waals surface area (Å²) in [6, 6.07) is 6.18. The number of esters is 1. The zero-order chi connectivity index (χ0) is 25.2. The Kier molecular flexibility index (Phi) is 7.75. The molecule has 1 atom stereocenters. The molecule has 190 valence electrons. The number of ether oxygens (including phenoxy) is 3. The largest absolute Gasteiger partial charge is 0.454 e. The Hall–Kier alpha value is -2.53. The molecule has 4 rings (SSSR count). The lowest BCUT2D eigenvalue weighted by atomic mass is 10.1. The van der Waals surface area contributed by atoms with Crippen LogP contribution in [0.5, 0.6) is 0 Å². The molecule has 2 aliphatic heterocycles. The van der Waals surface area contributed by atoms with Gasteiger partial charge in [-0.15, -0.1) is 0 Å². The maximum absolute atomic E-state index is 13.0. The molecule has 0 amide bonds. The van der Waals surface area contributed by atoms with Crippen molar-refractivity contribution in [2.45, 2.75) is 51.2 Å². The Labute approximate surface area is 206 Å². The molecule has 0 aliphatic carbocycles. The highest BCUT2D eigenvalue weighted by molar-refractivity contribution is 7.89. The molecule has 0 bridgehead atoms. The van der Waals surface area contributed by atoms with E-state index in [0.717, 1.165) is 30.8 Å². The first-order valence-electron chi connectivity index (χ1n) is 11.9. The molecule has 0 unspecified atom stereocenters. The highest BCUT2D eigenvalue weighted by atomic mass is 32.2. The van der Waals surface area contributed by atoms with Gasteiger partial charge in [0.2, 0.25) is 15.8 Å². The van der Waals surface area contributed by atoms with Crippen LogP contribution in [-0.2, 0) is 30.8 Å². The van der Waals surface area contributed by atoms with E-state index in [1.807, 2.05) is 13.8 Å². The van der Waals surface area contributed by atoms with Gasteiger partial charge in [0.25, 0.3) is 0 Å². The molecular weight excluding hydrogens is 472 g/mol. The molecule has 2 saturated heterocycles. The lowest BCUT2D eigenvalue weighted by Gasteiger charge is -2.26. The summed E-state index contributed by atoms with van der Waals surface area (Å²) in [6.45, 7) is 7.72. The topological polar surface area (TPSA) is 104 Å². The van der Waals surface area contributed by atoms with Gasteiger partial charge in [0.1, 0.15) is 0 Å². The van der Waals surface area contributed by atoms with E-state index in [9.17, 15) is 18.0 Å². The predicted octanol–water partition coefficient (Wildman–Crippen LogP) is 2.65. The fourth-order valence-electron chi connectivity index (χ4n) is 4.56. The maximum Gasteiger partial charge on any atom is 0.338 e. The molecule has 0 radical (unpaired) electrons. The third kappa shape index (κ3) is 5.50. The van der Waals surface area contributed by atoms with Crippen LogP contribution in [0, 0.1) is 20.8 Å². The van der Waals surface area contributed by atoms with Crippen molar-refractivity contribution in [1.29, 1.82) is 0 Å². The van der Waals surface area contributed by atoms with Crippen LogP contribution < -0.4 is 0 Å². The number of aromatic nitrogens is 1. The first kappa shape index (κ1) is 25.6. The number of carbonyl (C=O) groups excluding carboxylic acids is 2. The summed E-state index contributed by atoms with van der Waals surface area (Å²) in [7, 11) is -3.76. The van der Waals surface area contributed by atoms with Gasteiger partial charge in [-0.1, -0.05) is 6.07 Å². The van der Waals surface area contributed by atoms with Crippen LogP contribution in [0.2, 0.25) is 0 Å². The van der Waals surface area contributed by atoms with Gasteiger partial charge in [0.15, 0.2) is 6.61 Å². The molecule has 10 heteroatoms. The van der Waals surface area contributed by atoms with Gasteiger partial charge in [0, 0.05) is 43.2 Å². The van der Waals surface area contributed by atoms with Gasteiger partial charge in [0.05, 0.1) is 29.8 Å². The van der Waals surface area contributed by atoms with E-state index in [0.29, 0.717) is 30.9 Å². The van der Waals surface area contributed by atoms with Crippen molar-refractivity contribution in [3.05, 3.63) is 52.3 Å². The summed E-state index contributed by atoms with van der Waals surface area (Å²) in [5.74, 6) is -1.04. The molecule has 1 aromatic carbocycles. The van der Waals surface area contributed by atoms with Crippen molar-refractivity contribution in [1.82, 2.24) is 8.87 Å². The van der Waals surface area contributed by atoms with Crippen LogP contribution in [0.4, 0.5) is 0 Å². The molecule has 35 heavy (non-hydrogen) atoms. The van der Waals surface area contributed by atoms with Gasteiger partial charge in [-0.2, -0.15) is 4.31 Å². The zero-order valence-corrected chi connectivity index (χ0v) is 21.2. The standard InChI is InChI=1S/C25H32N2O7S/c1-17-6-7-21(35(30,31)26-8-11-32-12-9-26)14-22(17)25(29)34-16-24(28)23-13-18(2)27(19(23)3)15-20-5-4-10-33-20/h6-7,13-14,20H,4-5,8-12,15-16H2,1-3H3/t20-/m1/s1. The monoisotopic (exact) mass is 504 g/mol. The number of sulfonamides is 1. The Bertz CT molecular complexity index is 1210. The summed E-state index contributed by atoms with van der Waals surface area (Å²) in [5.41, 5.74) is 2.96. The second-order valence-electron chi connectivity index (χ2n) is 9.02. The Morgan fingerprint density at radius 2 is 1.80 bits per heavy atom. The molecule has 2 aliphatic rings. The average Bonchev–Trinajstić information content (AvgIpc) is 3.47. The quantitative estimate of drug-likeness (QED) is 0.402. The van der Waals surface area contributed by atoms with E-state index in [-0.39, 0.29) is 35.4 Å². The van der Waals surface area contributed by atoms with Crippen molar-refractivity contribution in [2.24, 2.45) is 0 Å². The number of morpholine rings is 1. The molecule has 3 heterocycles. The lowest BCUT2D eigenvalue weighted by molar-refractivity contribution is 0.0473. The second-order valence-corrected chi connectivity index (χ2v) is 11.0. The van der Waals surface area contributed by atoms with Crippen LogP contribution >= 0.6 is 0 Å². The molecule has 0 spiro atoms. The van der Waals surface area contributed by atoms with E-state index >= 15 is 0 Å². The summed E-state index contributed by atoms with van der Waals surface area (Å²) in [5, 5.41) is 0. The summed E-state index contributed by atoms with van der Waals surface area (Å²) >= 11 is 0. The van der Waals surface area contributed by atoms with Crippen molar-refractivity contribution < 1.29 is 32.2 Å². The van der Waals surface area contributed by atoms with Gasteiger partial charge in [-0.3, -0.25) is 4.79 Å². The van der Waals surface area contributed by atoms with Crippen molar-refractivity contribution in [3.63, 3.8) is 0 Å². The number of hydrogen-bond donors (Lipinski definition) is 0. The molecular formula is C25H32N2O7S. The molecule has 9 nitrogen and oxygen atoms in total. The van der Waals surface area contributed by atoms with Gasteiger partial charge < -0.3 is 18.8 Å². The number of aryl methyl sites for hydroxylation is 2. The minimum Gasteiger partial charge on any atom is -0.454 e. The Morgan fingerprint density at radius 1 is 1.06 bits per heavy atom. The molecule has 2 fully saturated rings. The normalized spacial score (nSPS) is 19.1. The van der Waals surface area contributed by atoms with Crippen molar-refractivity contribution in [2.75, 3.05) is 39.5 Å². The number of rotatable bonds is 8. The van der Waals surface area contributed by atoms with Crippen molar-refractivity contribution in [3.8, 4) is 0 Å². The Morgan fingerprint density at radius 3 is 2.49 bits per heavy atom. The van der Waals surface area contributed by atoms with Crippen LogP contribution in [0.1, 0.15) is 50.5 Å². The minimum atomic E-state index is -3.76. The summed E-state index contributed by atoms with van der Waals surface area (Å²) in [4.78, 5) is 25.7. The van der Waals surface area contributed by atoms with Crippen LogP contribution in [0.15, 0.2) is 29.2 Å². The van der Waals surface area contributed by atoms with E-state index < -0.39 is 22.6 Å². The number of benzene rings is 1. The molecule has 0 saturated carbocycles. The first-order chi connectivity index (χ1) is 16.7. The Balaban J connectivity index is 1.45. The van der Waals surface area contributed by atoms with Gasteiger partial charge in [-0.25, -0.2) is 13.2 Å². The molecule has 2 aromatic rings. The fourth-order valence-corrected chi connectivity index (χ4v) is 6.00. The molecule has 1 aromatic heterocycles. The summed E-state index contributed by atoms with van der Waals surface area (Å²) < 4.78 is 45.6. The maximum atomic E-state index is 13.0. The van der Waals surface area contributed by atoms with Crippen molar-refractivity contribution >= 4 is 21.8 Å². The molecule has 0 N–H and O–H groups in total. The fraction of sp³-hybridized carbons (Fsp3) is 0.520. The van der Waals surface area contributed by atoms with E-state index in [2.05, 4.69) is 4.57 Å². The van der Waals surface area contributed by atoms with E-state index in [1.54, 1.807) is 19.1 Å². The lowest BCUT2D eigenvalue weighted by Crippen LogP contribution is -2.40. The van der Waals surface area contributed by atoms with Gasteiger partial charge in [-0.05, 0) is 57.4 Å². The van der Waals surface area contributed by atoms with Crippen LogP contribution in [0.25, 0.3) is 0 Å². The highest BCUT2D eigenvalue weighted by Gasteiger charge is 2.28. The van der Waals surface area contributed by atoms with Crippen LogP contribution in [0.3, 0.4) is 0 Å². The zero-order valence-electron chi connectivity index (χ0n) is 20.4. The van der Waals surface area contributed by atoms with Gasteiger partial charge >= 0.3 is 5.97 Å². The number of hydrogen-bond acceptors (Lipinski definition) is 7. The smallest absolute Gasteiger partial charge is 0.338 e. The van der Waals surface area contributed by atoms with Crippen LogP contribution in [-0.4, -0.2) is 74.7 Å². The highest BCUT2D eigenvalue weighted by Crippen LogP contribution is 2.23.